The first-order valence-corrected chi connectivity index (χ1v) is 13.0. The van der Waals surface area contributed by atoms with Gasteiger partial charge in [-0.2, -0.15) is 9.40 Å². The first-order valence-electron chi connectivity index (χ1n) is 10.7. The number of aromatic nitrogens is 2. The van der Waals surface area contributed by atoms with Gasteiger partial charge in [0.1, 0.15) is 4.21 Å². The highest BCUT2D eigenvalue weighted by Gasteiger charge is 2.34. The van der Waals surface area contributed by atoms with Crippen LogP contribution in [0.3, 0.4) is 0 Å². The van der Waals surface area contributed by atoms with E-state index in [9.17, 15) is 13.2 Å². The molecule has 1 atom stereocenters. The number of aryl methyl sites for hydroxylation is 2. The minimum absolute atomic E-state index is 0.112. The van der Waals surface area contributed by atoms with Crippen molar-refractivity contribution in [2.75, 3.05) is 13.1 Å². The van der Waals surface area contributed by atoms with Gasteiger partial charge in [-0.3, -0.25) is 4.79 Å². The van der Waals surface area contributed by atoms with Crippen LogP contribution in [0.15, 0.2) is 46.7 Å². The largest absolute Gasteiger partial charge is 0.352 e. The first-order chi connectivity index (χ1) is 15.3. The first kappa shape index (κ1) is 22.7. The van der Waals surface area contributed by atoms with E-state index in [1.54, 1.807) is 6.07 Å². The van der Waals surface area contributed by atoms with E-state index in [1.165, 1.54) is 15.6 Å². The molecule has 0 bridgehead atoms. The quantitative estimate of drug-likeness (QED) is 0.594. The molecule has 3 aromatic rings. The second-order valence-electron chi connectivity index (χ2n) is 8.18. The van der Waals surface area contributed by atoms with Crippen LogP contribution in [0, 0.1) is 26.7 Å². The van der Waals surface area contributed by atoms with Gasteiger partial charge in [-0.05, 0) is 57.9 Å². The van der Waals surface area contributed by atoms with Gasteiger partial charge in [0.2, 0.25) is 5.91 Å². The summed E-state index contributed by atoms with van der Waals surface area (Å²) in [6, 6.07) is 13.3. The zero-order valence-electron chi connectivity index (χ0n) is 18.5. The molecular weight excluding hydrogens is 444 g/mol. The summed E-state index contributed by atoms with van der Waals surface area (Å²) in [4.78, 5) is 13.9. The van der Waals surface area contributed by atoms with E-state index in [2.05, 4.69) is 10.4 Å². The molecule has 0 spiro atoms. The molecule has 0 radical (unpaired) electrons. The number of piperidine rings is 1. The fraction of sp³-hybridized carbons (Fsp3) is 0.391. The van der Waals surface area contributed by atoms with Crippen molar-refractivity contribution in [3.05, 3.63) is 64.3 Å². The van der Waals surface area contributed by atoms with E-state index in [0.717, 1.165) is 27.5 Å². The predicted molar refractivity (Wildman–Crippen MR) is 125 cm³/mol. The van der Waals surface area contributed by atoms with Gasteiger partial charge in [0.05, 0.1) is 17.3 Å². The second-order valence-corrected chi connectivity index (χ2v) is 11.6. The summed E-state index contributed by atoms with van der Waals surface area (Å²) in [5, 5.41) is 7.65. The molecule has 1 amide bonds. The highest BCUT2D eigenvalue weighted by atomic mass is 32.2. The van der Waals surface area contributed by atoms with E-state index in [1.807, 2.05) is 61.9 Å². The van der Waals surface area contributed by atoms with Crippen molar-refractivity contribution < 1.29 is 13.2 Å². The van der Waals surface area contributed by atoms with Crippen molar-refractivity contribution in [2.45, 2.75) is 44.4 Å². The Morgan fingerprint density at radius 2 is 1.91 bits per heavy atom. The van der Waals surface area contributed by atoms with Crippen LogP contribution in [0.25, 0.3) is 5.69 Å². The third-order valence-electron chi connectivity index (χ3n) is 5.95. The summed E-state index contributed by atoms with van der Waals surface area (Å²) < 4.78 is 29.6. The number of thiophene rings is 1. The van der Waals surface area contributed by atoms with Crippen molar-refractivity contribution in [2.24, 2.45) is 5.92 Å². The molecule has 1 saturated heterocycles. The lowest BCUT2D eigenvalue weighted by Crippen LogP contribution is -2.45. The Hall–Kier alpha value is -2.49. The average Bonchev–Trinajstić information content (AvgIpc) is 3.36. The Kier molecular flexibility index (Phi) is 6.50. The molecule has 0 aliphatic carbocycles. The number of carbonyl (C=O) groups is 1. The molecule has 1 aliphatic heterocycles. The van der Waals surface area contributed by atoms with Crippen LogP contribution in [0.4, 0.5) is 0 Å². The Morgan fingerprint density at radius 1 is 1.16 bits per heavy atom. The Bertz CT molecular complexity index is 1220. The molecule has 1 aliphatic rings. The van der Waals surface area contributed by atoms with Crippen molar-refractivity contribution in [3.63, 3.8) is 0 Å². The zero-order chi connectivity index (χ0) is 22.9. The smallest absolute Gasteiger partial charge is 0.252 e. The normalized spacial score (nSPS) is 17.4. The number of rotatable bonds is 6. The number of benzene rings is 1. The fourth-order valence-electron chi connectivity index (χ4n) is 4.12. The number of sulfonamides is 1. The van der Waals surface area contributed by atoms with Gasteiger partial charge in [0.15, 0.2) is 0 Å². The molecule has 0 saturated carbocycles. The minimum atomic E-state index is -3.56. The van der Waals surface area contributed by atoms with Gasteiger partial charge in [-0.1, -0.05) is 18.2 Å². The summed E-state index contributed by atoms with van der Waals surface area (Å²) >= 11 is 1.27. The van der Waals surface area contributed by atoms with E-state index in [0.29, 0.717) is 30.1 Å². The summed E-state index contributed by atoms with van der Waals surface area (Å²) in [5.41, 5.74) is 3.81. The number of nitrogens with zero attached hydrogens (tertiary/aromatic N) is 3. The number of nitrogens with one attached hydrogen (secondary N) is 1. The summed E-state index contributed by atoms with van der Waals surface area (Å²) in [6.07, 6.45) is 1.36. The number of hydrogen-bond donors (Lipinski definition) is 1. The molecule has 32 heavy (non-hydrogen) atoms. The van der Waals surface area contributed by atoms with Gasteiger partial charge >= 0.3 is 0 Å². The standard InChI is InChI=1S/C23H28N4O3S2/c1-16-11-12-22(31-16)32(29,30)26-13-7-8-19(15-26)23(28)24-14-21-17(2)25-27(18(21)3)20-9-5-4-6-10-20/h4-6,9-12,19H,7-8,13-15H2,1-3H3,(H,24,28). The van der Waals surface area contributed by atoms with Crippen molar-refractivity contribution in [3.8, 4) is 5.69 Å². The van der Waals surface area contributed by atoms with Crippen LogP contribution >= 0.6 is 11.3 Å². The highest BCUT2D eigenvalue weighted by Crippen LogP contribution is 2.28. The predicted octanol–water partition coefficient (Wildman–Crippen LogP) is 3.58. The van der Waals surface area contributed by atoms with E-state index in [4.69, 9.17) is 0 Å². The van der Waals surface area contributed by atoms with Gasteiger partial charge in [0, 0.05) is 35.8 Å². The van der Waals surface area contributed by atoms with Gasteiger partial charge < -0.3 is 5.32 Å². The Balaban J connectivity index is 1.43. The lowest BCUT2D eigenvalue weighted by molar-refractivity contribution is -0.126. The van der Waals surface area contributed by atoms with Crippen LogP contribution in [0.5, 0.6) is 0 Å². The van der Waals surface area contributed by atoms with Crippen LogP contribution in [0.2, 0.25) is 0 Å². The zero-order valence-corrected chi connectivity index (χ0v) is 20.2. The van der Waals surface area contributed by atoms with Crippen molar-refractivity contribution in [1.82, 2.24) is 19.4 Å². The van der Waals surface area contributed by atoms with Crippen LogP contribution < -0.4 is 5.32 Å². The van der Waals surface area contributed by atoms with Crippen molar-refractivity contribution in [1.29, 1.82) is 0 Å². The number of amides is 1. The third kappa shape index (κ3) is 4.51. The van der Waals surface area contributed by atoms with Crippen LogP contribution in [-0.4, -0.2) is 41.5 Å². The number of para-hydroxylation sites is 1. The molecule has 1 N–H and O–H groups in total. The van der Waals surface area contributed by atoms with Crippen LogP contribution in [-0.2, 0) is 21.4 Å². The number of hydrogen-bond acceptors (Lipinski definition) is 5. The second kappa shape index (κ2) is 9.17. The fourth-order valence-corrected chi connectivity index (χ4v) is 7.09. The lowest BCUT2D eigenvalue weighted by Gasteiger charge is -2.30. The van der Waals surface area contributed by atoms with Crippen LogP contribution in [0.1, 0.15) is 34.7 Å². The summed E-state index contributed by atoms with van der Waals surface area (Å²) in [5.74, 6) is -0.470. The lowest BCUT2D eigenvalue weighted by atomic mass is 9.98. The SMILES string of the molecule is Cc1ccc(S(=O)(=O)N2CCCC(C(=O)NCc3c(C)nn(-c4ccccc4)c3C)C2)s1. The van der Waals surface area contributed by atoms with Gasteiger partial charge in [-0.15, -0.1) is 11.3 Å². The molecule has 4 rings (SSSR count). The molecule has 1 unspecified atom stereocenters. The Labute approximate surface area is 193 Å². The van der Waals surface area contributed by atoms with Crippen molar-refractivity contribution >= 4 is 27.3 Å². The highest BCUT2D eigenvalue weighted by molar-refractivity contribution is 7.91. The summed E-state index contributed by atoms with van der Waals surface area (Å²) in [6.45, 7) is 6.85. The van der Waals surface area contributed by atoms with E-state index in [-0.39, 0.29) is 18.4 Å². The number of carbonyl (C=O) groups excluding carboxylic acids is 1. The molecular formula is C23H28N4O3S2. The molecule has 170 valence electrons. The van der Waals surface area contributed by atoms with E-state index < -0.39 is 10.0 Å². The third-order valence-corrected chi connectivity index (χ3v) is 9.28. The monoisotopic (exact) mass is 472 g/mol. The maximum atomic E-state index is 13.0. The average molecular weight is 473 g/mol. The maximum Gasteiger partial charge on any atom is 0.252 e. The molecule has 3 heterocycles. The Morgan fingerprint density at radius 3 is 2.59 bits per heavy atom. The maximum absolute atomic E-state index is 13.0. The molecule has 1 aromatic carbocycles. The van der Waals surface area contributed by atoms with Gasteiger partial charge in [0.25, 0.3) is 10.0 Å². The van der Waals surface area contributed by atoms with Gasteiger partial charge in [-0.25, -0.2) is 13.1 Å². The molecule has 9 heteroatoms. The topological polar surface area (TPSA) is 84.3 Å². The summed E-state index contributed by atoms with van der Waals surface area (Å²) in [7, 11) is -3.56. The molecule has 1 fully saturated rings. The minimum Gasteiger partial charge on any atom is -0.352 e. The molecule has 2 aromatic heterocycles. The molecule has 7 nitrogen and oxygen atoms in total. The van der Waals surface area contributed by atoms with E-state index >= 15 is 0 Å².